The molecule has 4 aliphatic carbocycles. The molecule has 5 atom stereocenters. The van der Waals surface area contributed by atoms with Gasteiger partial charge < -0.3 is 29.3 Å². The first-order valence-electron chi connectivity index (χ1n) is 17.5. The Kier molecular flexibility index (Phi) is 6.08. The van der Waals surface area contributed by atoms with Crippen molar-refractivity contribution in [2.45, 2.75) is 41.4 Å². The fourth-order valence-corrected chi connectivity index (χ4v) is 16.8. The molecule has 50 heavy (non-hydrogen) atoms. The number of likely N-dealkylation sites (N-methyl/N-ethyl adjacent to an activating group) is 1. The molecule has 6 aliphatic rings. The largest absolute Gasteiger partial charge is 0.508 e. The van der Waals surface area contributed by atoms with E-state index in [0.29, 0.717) is 11.3 Å². The summed E-state index contributed by atoms with van der Waals surface area (Å²) >= 11 is 0. The van der Waals surface area contributed by atoms with Crippen LogP contribution in [0.15, 0.2) is 127 Å². The van der Waals surface area contributed by atoms with E-state index in [1.807, 2.05) is 6.07 Å². The van der Waals surface area contributed by atoms with E-state index in [9.17, 15) is 10.2 Å². The number of hydrogen-bond acceptors (Lipinski definition) is 6. The summed E-state index contributed by atoms with van der Waals surface area (Å²) in [5.74, 6) is 1.74. The molecule has 5 aromatic carbocycles. The average molecular weight is 678 g/mol. The smallest absolute Gasteiger partial charge is 0.178 e. The summed E-state index contributed by atoms with van der Waals surface area (Å²) in [6, 6.07) is 40.0. The van der Waals surface area contributed by atoms with Crippen molar-refractivity contribution in [2.75, 3.05) is 27.8 Å². The number of nitrogens with zero attached hydrogens (tertiary/aromatic N) is 1. The second-order valence-corrected chi connectivity index (χ2v) is 18.4. The van der Waals surface area contributed by atoms with Crippen molar-refractivity contribution in [2.24, 2.45) is 0 Å². The van der Waals surface area contributed by atoms with Crippen molar-refractivity contribution in [3.05, 3.63) is 149 Å². The normalized spacial score (nSPS) is 28.3. The Balaban J connectivity index is 1.46. The number of phenolic OH excluding ortho intramolecular Hbond substituents is 2. The van der Waals surface area contributed by atoms with Crippen molar-refractivity contribution in [1.29, 1.82) is 0 Å². The van der Waals surface area contributed by atoms with Crippen LogP contribution in [0.25, 0.3) is 0 Å². The van der Waals surface area contributed by atoms with Gasteiger partial charge in [0, 0.05) is 35.3 Å². The zero-order valence-corrected chi connectivity index (χ0v) is 29.4. The van der Waals surface area contributed by atoms with Gasteiger partial charge in [-0.05, 0) is 71.0 Å². The van der Waals surface area contributed by atoms with Gasteiger partial charge in [0.1, 0.15) is 17.6 Å². The average Bonchev–Trinajstić information content (AvgIpc) is 3.53. The second kappa shape index (κ2) is 10.1. The van der Waals surface area contributed by atoms with E-state index in [-0.39, 0.29) is 17.5 Å². The highest BCUT2D eigenvalue weighted by atomic mass is 28.3. The van der Waals surface area contributed by atoms with E-state index in [1.165, 1.54) is 26.7 Å². The minimum atomic E-state index is -3.27. The number of phenols is 2. The van der Waals surface area contributed by atoms with Gasteiger partial charge in [-0.2, -0.15) is 0 Å². The molecule has 1 fully saturated rings. The first-order chi connectivity index (χ1) is 24.4. The first kappa shape index (κ1) is 30.0. The minimum Gasteiger partial charge on any atom is -0.508 e. The number of aromatic hydroxyl groups is 2. The van der Waals surface area contributed by atoms with Crippen molar-refractivity contribution in [3.63, 3.8) is 0 Å². The Morgan fingerprint density at radius 1 is 0.740 bits per heavy atom. The molecular formula is C43H39NO5Si. The summed E-state index contributed by atoms with van der Waals surface area (Å²) in [6.45, 7) is 0.860. The van der Waals surface area contributed by atoms with E-state index in [0.717, 1.165) is 35.9 Å². The fourth-order valence-electron chi connectivity index (χ4n) is 11.4. The highest BCUT2D eigenvalue weighted by Crippen LogP contribution is 2.77. The van der Waals surface area contributed by atoms with E-state index >= 15 is 0 Å². The van der Waals surface area contributed by atoms with E-state index < -0.39 is 30.6 Å². The minimum absolute atomic E-state index is 0.0279. The Morgan fingerprint density at radius 3 is 1.88 bits per heavy atom. The van der Waals surface area contributed by atoms with Crippen molar-refractivity contribution in [3.8, 4) is 23.0 Å². The quantitative estimate of drug-likeness (QED) is 0.153. The lowest BCUT2D eigenvalue weighted by molar-refractivity contribution is -0.149. The van der Waals surface area contributed by atoms with Crippen LogP contribution in [-0.2, 0) is 27.6 Å². The molecule has 11 rings (SSSR count). The molecule has 7 heteroatoms. The number of likely N-dealkylation sites (tertiary alicyclic amines) is 1. The van der Waals surface area contributed by atoms with Gasteiger partial charge >= 0.3 is 0 Å². The molecule has 5 aromatic rings. The maximum absolute atomic E-state index is 12.3. The number of hydrogen-bond donors (Lipinski definition) is 2. The number of rotatable bonds is 6. The lowest BCUT2D eigenvalue weighted by Gasteiger charge is -2.71. The van der Waals surface area contributed by atoms with Gasteiger partial charge in [-0.25, -0.2) is 0 Å². The molecule has 250 valence electrons. The second-order valence-electron chi connectivity index (χ2n) is 14.6. The third-order valence-corrected chi connectivity index (χ3v) is 18.0. The molecule has 2 spiro atoms. The Morgan fingerprint density at radius 2 is 1.32 bits per heavy atom. The number of ether oxygens (including phenoxy) is 3. The molecule has 0 unspecified atom stereocenters. The zero-order chi connectivity index (χ0) is 34.0. The topological polar surface area (TPSA) is 71.4 Å². The van der Waals surface area contributed by atoms with Crippen molar-refractivity contribution in [1.82, 2.24) is 4.90 Å². The first-order valence-corrected chi connectivity index (χ1v) is 19.5. The van der Waals surface area contributed by atoms with Gasteiger partial charge in [-0.1, -0.05) is 103 Å². The molecule has 1 saturated heterocycles. The Labute approximate surface area is 293 Å². The highest BCUT2D eigenvalue weighted by Gasteiger charge is 2.82. The lowest BCUT2D eigenvalue weighted by Crippen LogP contribution is -2.83. The van der Waals surface area contributed by atoms with Crippen LogP contribution in [-0.4, -0.2) is 63.1 Å². The van der Waals surface area contributed by atoms with Crippen LogP contribution in [0.2, 0.25) is 0 Å². The number of piperidine rings is 1. The van der Waals surface area contributed by atoms with Crippen LogP contribution in [0, 0.1) is 0 Å². The van der Waals surface area contributed by atoms with Crippen LogP contribution in [0.4, 0.5) is 0 Å². The Bertz CT molecular complexity index is 2130. The maximum atomic E-state index is 12.3. The molecule has 2 N–H and O–H groups in total. The van der Waals surface area contributed by atoms with Gasteiger partial charge in [-0.15, -0.1) is 0 Å². The summed E-state index contributed by atoms with van der Waals surface area (Å²) in [7, 11) is 2.41. The molecule has 2 aliphatic heterocycles. The zero-order valence-electron chi connectivity index (χ0n) is 28.4. The molecule has 0 aromatic heterocycles. The monoisotopic (exact) mass is 677 g/mol. The SMILES string of the molecule is COc1ccc2c3c1O[C@H]1[C@@]4(OC)C([Si](c5ccccc5)(c5ccccc5)c5ccccc5)=C[C@@]5(c6c(O)ccc(O)c64)[C@@H](C2)N(C)CC[C@]315. The highest BCUT2D eigenvalue weighted by molar-refractivity contribution is 7.16. The Hall–Kier alpha value is -4.82. The molecule has 0 radical (unpaired) electrons. The van der Waals surface area contributed by atoms with Crippen LogP contribution in [0.5, 0.6) is 23.0 Å². The fraction of sp³-hybridized carbons (Fsp3) is 0.256. The summed E-state index contributed by atoms with van der Waals surface area (Å²) in [5, 5.41) is 29.2. The van der Waals surface area contributed by atoms with Crippen LogP contribution >= 0.6 is 0 Å². The van der Waals surface area contributed by atoms with Crippen molar-refractivity contribution >= 4 is 23.6 Å². The van der Waals surface area contributed by atoms with Gasteiger partial charge in [0.05, 0.1) is 12.5 Å². The molecule has 6 nitrogen and oxygen atoms in total. The molecular weight excluding hydrogens is 639 g/mol. The summed E-state index contributed by atoms with van der Waals surface area (Å²) in [6.07, 6.45) is 3.53. The predicted octanol–water partition coefficient (Wildman–Crippen LogP) is 4.81. The molecule has 2 heterocycles. The summed E-state index contributed by atoms with van der Waals surface area (Å²) in [5.41, 5.74) is 1.16. The maximum Gasteiger partial charge on any atom is 0.178 e. The van der Waals surface area contributed by atoms with E-state index in [4.69, 9.17) is 14.2 Å². The molecule has 0 saturated carbocycles. The van der Waals surface area contributed by atoms with Crippen LogP contribution < -0.4 is 25.0 Å². The van der Waals surface area contributed by atoms with Gasteiger partial charge in [0.15, 0.2) is 25.2 Å². The van der Waals surface area contributed by atoms with E-state index in [2.05, 4.69) is 115 Å². The number of methoxy groups -OCH3 is 2. The summed E-state index contributed by atoms with van der Waals surface area (Å²) < 4.78 is 20.7. The summed E-state index contributed by atoms with van der Waals surface area (Å²) in [4.78, 5) is 2.47. The predicted molar refractivity (Wildman–Crippen MR) is 196 cm³/mol. The lowest BCUT2D eigenvalue weighted by atomic mass is 9.37. The molecule has 4 bridgehead atoms. The number of benzene rings is 5. The van der Waals surface area contributed by atoms with Gasteiger partial charge in [0.25, 0.3) is 0 Å². The van der Waals surface area contributed by atoms with Crippen LogP contribution in [0.1, 0.15) is 28.7 Å². The molecule has 0 amide bonds. The third-order valence-electron chi connectivity index (χ3n) is 13.1. The van der Waals surface area contributed by atoms with Gasteiger partial charge in [0.2, 0.25) is 0 Å². The standard InChI is InChI=1S/C43H39NO5Si/c1-44-24-23-41-36-27-19-22-33(47-2)39(36)49-40(41)43(48-3)35(26-42(41,34(44)25-27)37-31(45)20-21-32(46)38(37)43)50(28-13-7-4-8-14-28,29-15-9-5-10-16-29)30-17-11-6-12-18-30/h4-22,26,34,40,45-46H,23-25H2,1-3H3/t34-,40-,41+,42+,43-/m1/s1. The van der Waals surface area contributed by atoms with Crippen LogP contribution in [0.3, 0.4) is 0 Å². The van der Waals surface area contributed by atoms with Gasteiger partial charge in [-0.3, -0.25) is 0 Å². The third kappa shape index (κ3) is 3.15. The van der Waals surface area contributed by atoms with E-state index in [1.54, 1.807) is 26.4 Å². The van der Waals surface area contributed by atoms with Crippen molar-refractivity contribution < 1.29 is 24.4 Å².